The van der Waals surface area contributed by atoms with Crippen LogP contribution < -0.4 is 5.32 Å². The van der Waals surface area contributed by atoms with Gasteiger partial charge in [-0.1, -0.05) is 12.1 Å². The smallest absolute Gasteiger partial charge is 0.126 e. The Morgan fingerprint density at radius 3 is 2.37 bits per heavy atom. The third-order valence-corrected chi connectivity index (χ3v) is 4.57. The lowest BCUT2D eigenvalue weighted by Gasteiger charge is -2.20. The van der Waals surface area contributed by atoms with Crippen LogP contribution in [0.25, 0.3) is 0 Å². The molecule has 0 fully saturated rings. The van der Waals surface area contributed by atoms with E-state index in [4.69, 9.17) is 0 Å². The van der Waals surface area contributed by atoms with Crippen molar-refractivity contribution in [3.05, 3.63) is 57.0 Å². The fourth-order valence-electron chi connectivity index (χ4n) is 2.12. The summed E-state index contributed by atoms with van der Waals surface area (Å²) >= 11 is 1.80. The molecule has 1 nitrogen and oxygen atoms in total. The molecule has 102 valence electrons. The largest absolute Gasteiger partial charge is 0.303 e. The molecule has 2 rings (SSSR count). The van der Waals surface area contributed by atoms with E-state index in [9.17, 15) is 4.39 Å². The molecule has 2 unspecified atom stereocenters. The first-order valence-electron chi connectivity index (χ1n) is 6.56. The van der Waals surface area contributed by atoms with Gasteiger partial charge in [-0.15, -0.1) is 11.3 Å². The van der Waals surface area contributed by atoms with Gasteiger partial charge in [-0.3, -0.25) is 0 Å². The maximum Gasteiger partial charge on any atom is 0.126 e. The van der Waals surface area contributed by atoms with Gasteiger partial charge in [0.05, 0.1) is 0 Å². The highest BCUT2D eigenvalue weighted by Gasteiger charge is 2.13. The van der Waals surface area contributed by atoms with Crippen molar-refractivity contribution in [1.29, 1.82) is 0 Å². The van der Waals surface area contributed by atoms with Gasteiger partial charge in [-0.05, 0) is 57.0 Å². The molecular formula is C16H20FNS. The van der Waals surface area contributed by atoms with Gasteiger partial charge in [0.15, 0.2) is 0 Å². The number of rotatable bonds is 4. The summed E-state index contributed by atoms with van der Waals surface area (Å²) in [5, 5.41) is 3.52. The van der Waals surface area contributed by atoms with Crippen molar-refractivity contribution in [2.45, 2.75) is 39.8 Å². The average molecular weight is 277 g/mol. The molecule has 0 saturated heterocycles. The molecule has 1 aromatic carbocycles. The normalized spacial score (nSPS) is 14.4. The van der Waals surface area contributed by atoms with Gasteiger partial charge in [-0.2, -0.15) is 0 Å². The van der Waals surface area contributed by atoms with E-state index in [0.29, 0.717) is 5.56 Å². The summed E-state index contributed by atoms with van der Waals surface area (Å²) in [6.45, 7) is 8.11. The molecule has 0 spiro atoms. The van der Waals surface area contributed by atoms with E-state index < -0.39 is 0 Å². The zero-order valence-electron chi connectivity index (χ0n) is 11.8. The van der Waals surface area contributed by atoms with Crippen molar-refractivity contribution in [1.82, 2.24) is 5.32 Å². The maximum atomic E-state index is 13.6. The lowest BCUT2D eigenvalue weighted by Crippen LogP contribution is -2.21. The molecule has 0 aliphatic rings. The number of thiophene rings is 1. The molecule has 0 amide bonds. The Morgan fingerprint density at radius 2 is 1.79 bits per heavy atom. The minimum absolute atomic E-state index is 0.132. The second kappa shape index (κ2) is 5.85. The molecule has 0 radical (unpaired) electrons. The van der Waals surface area contributed by atoms with Crippen LogP contribution in [-0.4, -0.2) is 0 Å². The second-order valence-electron chi connectivity index (χ2n) is 5.07. The zero-order valence-corrected chi connectivity index (χ0v) is 12.6. The van der Waals surface area contributed by atoms with Gasteiger partial charge in [-0.25, -0.2) is 4.39 Å². The van der Waals surface area contributed by atoms with Crippen molar-refractivity contribution < 1.29 is 4.39 Å². The molecule has 3 heteroatoms. The number of halogens is 1. The molecule has 2 aromatic rings. The fraction of sp³-hybridized carbons (Fsp3) is 0.375. The molecule has 1 aromatic heterocycles. The van der Waals surface area contributed by atoms with E-state index in [1.807, 2.05) is 12.1 Å². The fourth-order valence-corrected chi connectivity index (χ4v) is 3.01. The topological polar surface area (TPSA) is 12.0 Å². The van der Waals surface area contributed by atoms with Crippen molar-refractivity contribution in [2.75, 3.05) is 0 Å². The van der Waals surface area contributed by atoms with Gasteiger partial charge < -0.3 is 5.32 Å². The van der Waals surface area contributed by atoms with Gasteiger partial charge in [0, 0.05) is 21.8 Å². The van der Waals surface area contributed by atoms with Gasteiger partial charge in [0.1, 0.15) is 5.82 Å². The van der Waals surface area contributed by atoms with Crippen LogP contribution in [0, 0.1) is 19.7 Å². The van der Waals surface area contributed by atoms with Gasteiger partial charge in [0.2, 0.25) is 0 Å². The predicted octanol–water partition coefficient (Wildman–Crippen LogP) is 4.92. The third kappa shape index (κ3) is 3.43. The Bertz CT molecular complexity index is 562. The van der Waals surface area contributed by atoms with E-state index in [2.05, 4.69) is 38.2 Å². The monoisotopic (exact) mass is 277 g/mol. The van der Waals surface area contributed by atoms with Crippen LogP contribution in [0.15, 0.2) is 30.3 Å². The zero-order chi connectivity index (χ0) is 14.0. The molecule has 0 bridgehead atoms. The summed E-state index contributed by atoms with van der Waals surface area (Å²) in [6, 6.07) is 10.1. The SMILES string of the molecule is Cc1ccc(C(C)NC(C)c2ccc(C)c(F)c2)s1. The van der Waals surface area contributed by atoms with E-state index in [1.165, 1.54) is 9.75 Å². The van der Waals surface area contributed by atoms with Crippen molar-refractivity contribution in [2.24, 2.45) is 0 Å². The third-order valence-electron chi connectivity index (χ3n) is 3.38. The maximum absolute atomic E-state index is 13.6. The van der Waals surface area contributed by atoms with Crippen LogP contribution in [0.4, 0.5) is 4.39 Å². The molecular weight excluding hydrogens is 257 g/mol. The van der Waals surface area contributed by atoms with Crippen LogP contribution in [0.3, 0.4) is 0 Å². The first-order valence-corrected chi connectivity index (χ1v) is 7.37. The van der Waals surface area contributed by atoms with Crippen LogP contribution >= 0.6 is 11.3 Å². The number of benzene rings is 1. The molecule has 0 aliphatic carbocycles. The van der Waals surface area contributed by atoms with E-state index in [-0.39, 0.29) is 17.9 Å². The molecule has 2 atom stereocenters. The number of hydrogen-bond donors (Lipinski definition) is 1. The van der Waals surface area contributed by atoms with Crippen molar-refractivity contribution in [3.8, 4) is 0 Å². The Kier molecular flexibility index (Phi) is 4.38. The summed E-state index contributed by atoms with van der Waals surface area (Å²) < 4.78 is 13.6. The van der Waals surface area contributed by atoms with Crippen LogP contribution in [0.5, 0.6) is 0 Å². The van der Waals surface area contributed by atoms with E-state index in [1.54, 1.807) is 24.3 Å². The highest BCUT2D eigenvalue weighted by Crippen LogP contribution is 2.25. The van der Waals surface area contributed by atoms with Crippen LogP contribution in [0.1, 0.15) is 46.8 Å². The minimum atomic E-state index is -0.134. The Labute approximate surface area is 118 Å². The summed E-state index contributed by atoms with van der Waals surface area (Å²) in [4.78, 5) is 2.63. The van der Waals surface area contributed by atoms with Crippen molar-refractivity contribution in [3.63, 3.8) is 0 Å². The second-order valence-corrected chi connectivity index (χ2v) is 6.39. The Morgan fingerprint density at radius 1 is 1.05 bits per heavy atom. The molecule has 1 N–H and O–H groups in total. The summed E-state index contributed by atoms with van der Waals surface area (Å²) in [6.07, 6.45) is 0. The first-order chi connectivity index (χ1) is 8.97. The quantitative estimate of drug-likeness (QED) is 0.836. The number of hydrogen-bond acceptors (Lipinski definition) is 2. The van der Waals surface area contributed by atoms with Gasteiger partial charge >= 0.3 is 0 Å². The highest BCUT2D eigenvalue weighted by molar-refractivity contribution is 7.12. The van der Waals surface area contributed by atoms with Gasteiger partial charge in [0.25, 0.3) is 0 Å². The van der Waals surface area contributed by atoms with Crippen LogP contribution in [-0.2, 0) is 0 Å². The number of aryl methyl sites for hydroxylation is 2. The minimum Gasteiger partial charge on any atom is -0.303 e. The molecule has 0 aliphatic heterocycles. The highest BCUT2D eigenvalue weighted by atomic mass is 32.1. The first kappa shape index (κ1) is 14.2. The Hall–Kier alpha value is -1.19. The lowest BCUT2D eigenvalue weighted by molar-refractivity contribution is 0.496. The summed E-state index contributed by atoms with van der Waals surface area (Å²) in [5.74, 6) is -0.134. The average Bonchev–Trinajstić information content (AvgIpc) is 2.79. The van der Waals surface area contributed by atoms with Crippen LogP contribution in [0.2, 0.25) is 0 Å². The van der Waals surface area contributed by atoms with E-state index >= 15 is 0 Å². The molecule has 1 heterocycles. The summed E-state index contributed by atoms with van der Waals surface area (Å²) in [5.41, 5.74) is 1.68. The molecule has 0 saturated carbocycles. The van der Waals surface area contributed by atoms with E-state index in [0.717, 1.165) is 5.56 Å². The lowest BCUT2D eigenvalue weighted by atomic mass is 10.1. The molecule has 19 heavy (non-hydrogen) atoms. The number of nitrogens with one attached hydrogen (secondary N) is 1. The Balaban J connectivity index is 2.07. The summed E-state index contributed by atoms with van der Waals surface area (Å²) in [7, 11) is 0. The predicted molar refractivity (Wildman–Crippen MR) is 80.2 cm³/mol. The standard InChI is InChI=1S/C16H20FNS/c1-10-5-7-14(9-15(10)17)12(3)18-13(4)16-8-6-11(2)19-16/h5-9,12-13,18H,1-4H3. The van der Waals surface area contributed by atoms with Crippen molar-refractivity contribution >= 4 is 11.3 Å².